The molecule has 1 fully saturated rings. The van der Waals surface area contributed by atoms with Crippen molar-refractivity contribution in [3.63, 3.8) is 0 Å². The number of amidine groups is 1. The van der Waals surface area contributed by atoms with Crippen LogP contribution in [0.1, 0.15) is 31.2 Å². The molecule has 0 bridgehead atoms. The Morgan fingerprint density at radius 2 is 2.00 bits per heavy atom. The van der Waals surface area contributed by atoms with Crippen LogP contribution in [0.15, 0.2) is 24.3 Å². The topological polar surface area (TPSA) is 82.6 Å². The standard InChI is InChI=1S/C16H25N3O2/c1-19(14-4-2-3-5-15(14)20)10-11-21-13-8-6-12(7-9-13)16(17)18/h6-9,14-15,20H,2-5,10-11H2,1H3,(H3,17,18). The van der Waals surface area contributed by atoms with Gasteiger partial charge in [-0.2, -0.15) is 0 Å². The molecule has 116 valence electrons. The van der Waals surface area contributed by atoms with Crippen molar-refractivity contribution in [1.82, 2.24) is 4.90 Å². The fraction of sp³-hybridized carbons (Fsp3) is 0.562. The quantitative estimate of drug-likeness (QED) is 0.549. The molecular weight excluding hydrogens is 266 g/mol. The minimum atomic E-state index is -0.210. The second-order valence-corrected chi connectivity index (χ2v) is 5.69. The summed E-state index contributed by atoms with van der Waals surface area (Å²) in [5.41, 5.74) is 6.11. The van der Waals surface area contributed by atoms with Gasteiger partial charge >= 0.3 is 0 Å². The van der Waals surface area contributed by atoms with Crippen LogP contribution in [0.4, 0.5) is 0 Å². The number of rotatable bonds is 6. The third kappa shape index (κ3) is 4.44. The molecule has 0 radical (unpaired) electrons. The number of nitrogens with zero attached hydrogens (tertiary/aromatic N) is 1. The number of hydrogen-bond donors (Lipinski definition) is 3. The molecule has 1 saturated carbocycles. The molecule has 1 aromatic rings. The molecule has 0 spiro atoms. The highest BCUT2D eigenvalue weighted by Crippen LogP contribution is 2.22. The van der Waals surface area contributed by atoms with Crippen LogP contribution in [0, 0.1) is 5.41 Å². The maximum absolute atomic E-state index is 10.0. The average Bonchev–Trinajstić information content (AvgIpc) is 2.48. The summed E-state index contributed by atoms with van der Waals surface area (Å²) in [5, 5.41) is 17.4. The smallest absolute Gasteiger partial charge is 0.122 e. The molecule has 1 aliphatic carbocycles. The van der Waals surface area contributed by atoms with Crippen LogP contribution in [0.2, 0.25) is 0 Å². The van der Waals surface area contributed by atoms with Gasteiger partial charge in [0, 0.05) is 18.2 Å². The third-order valence-electron chi connectivity index (χ3n) is 4.14. The molecule has 5 heteroatoms. The number of ether oxygens (including phenoxy) is 1. The first-order chi connectivity index (χ1) is 10.1. The number of aliphatic hydroxyl groups is 1. The van der Waals surface area contributed by atoms with Crippen LogP contribution in [0.5, 0.6) is 5.75 Å². The summed E-state index contributed by atoms with van der Waals surface area (Å²) in [5.74, 6) is 0.838. The van der Waals surface area contributed by atoms with Crippen molar-refractivity contribution in [3.05, 3.63) is 29.8 Å². The van der Waals surface area contributed by atoms with E-state index < -0.39 is 0 Å². The Labute approximate surface area is 126 Å². The average molecular weight is 291 g/mol. The molecule has 0 aliphatic heterocycles. The van der Waals surface area contributed by atoms with Crippen molar-refractivity contribution in [2.24, 2.45) is 5.73 Å². The maximum Gasteiger partial charge on any atom is 0.122 e. The molecule has 0 aromatic heterocycles. The molecule has 1 aromatic carbocycles. The largest absolute Gasteiger partial charge is 0.492 e. The van der Waals surface area contributed by atoms with Gasteiger partial charge in [-0.05, 0) is 44.2 Å². The van der Waals surface area contributed by atoms with Crippen molar-refractivity contribution in [3.8, 4) is 5.75 Å². The highest BCUT2D eigenvalue weighted by atomic mass is 16.5. The van der Waals surface area contributed by atoms with E-state index in [0.717, 1.165) is 31.6 Å². The Morgan fingerprint density at radius 1 is 1.33 bits per heavy atom. The fourth-order valence-corrected chi connectivity index (χ4v) is 2.81. The van der Waals surface area contributed by atoms with Crippen molar-refractivity contribution in [2.75, 3.05) is 20.2 Å². The molecule has 5 nitrogen and oxygen atoms in total. The minimum Gasteiger partial charge on any atom is -0.492 e. The van der Waals surface area contributed by atoms with Crippen molar-refractivity contribution in [1.29, 1.82) is 5.41 Å². The van der Waals surface area contributed by atoms with Gasteiger partial charge < -0.3 is 15.6 Å². The van der Waals surface area contributed by atoms with E-state index in [2.05, 4.69) is 4.90 Å². The summed E-state index contributed by atoms with van der Waals surface area (Å²) in [7, 11) is 2.04. The van der Waals surface area contributed by atoms with Crippen LogP contribution in [0.25, 0.3) is 0 Å². The number of likely N-dealkylation sites (N-methyl/N-ethyl adjacent to an activating group) is 1. The van der Waals surface area contributed by atoms with Crippen molar-refractivity contribution < 1.29 is 9.84 Å². The second kappa shape index (κ2) is 7.43. The van der Waals surface area contributed by atoms with E-state index in [4.69, 9.17) is 15.9 Å². The maximum atomic E-state index is 10.0. The second-order valence-electron chi connectivity index (χ2n) is 5.69. The first-order valence-electron chi connectivity index (χ1n) is 7.53. The Balaban J connectivity index is 1.76. The Hall–Kier alpha value is -1.59. The monoisotopic (exact) mass is 291 g/mol. The van der Waals surface area contributed by atoms with E-state index in [1.54, 1.807) is 12.1 Å². The number of nitrogens with two attached hydrogens (primary N) is 1. The van der Waals surface area contributed by atoms with Gasteiger partial charge in [-0.25, -0.2) is 0 Å². The van der Waals surface area contributed by atoms with E-state index in [-0.39, 0.29) is 18.0 Å². The van der Waals surface area contributed by atoms with Gasteiger partial charge in [0.1, 0.15) is 18.2 Å². The Bertz CT molecular complexity index is 461. The third-order valence-corrected chi connectivity index (χ3v) is 4.14. The van der Waals surface area contributed by atoms with Gasteiger partial charge in [0.2, 0.25) is 0 Å². The van der Waals surface area contributed by atoms with E-state index in [0.29, 0.717) is 12.2 Å². The lowest BCUT2D eigenvalue weighted by Crippen LogP contribution is -2.44. The first-order valence-corrected chi connectivity index (χ1v) is 7.53. The molecule has 1 aliphatic rings. The fourth-order valence-electron chi connectivity index (χ4n) is 2.81. The van der Waals surface area contributed by atoms with Gasteiger partial charge in [-0.1, -0.05) is 12.8 Å². The highest BCUT2D eigenvalue weighted by molar-refractivity contribution is 5.94. The van der Waals surface area contributed by atoms with Crippen LogP contribution in [0.3, 0.4) is 0 Å². The van der Waals surface area contributed by atoms with Crippen molar-refractivity contribution in [2.45, 2.75) is 37.8 Å². The zero-order valence-electron chi connectivity index (χ0n) is 12.6. The van der Waals surface area contributed by atoms with Crippen molar-refractivity contribution >= 4 is 5.84 Å². The van der Waals surface area contributed by atoms with Gasteiger partial charge in [0.15, 0.2) is 0 Å². The molecule has 0 saturated heterocycles. The summed E-state index contributed by atoms with van der Waals surface area (Å²) in [4.78, 5) is 2.19. The van der Waals surface area contributed by atoms with Gasteiger partial charge in [0.25, 0.3) is 0 Å². The van der Waals surface area contributed by atoms with Gasteiger partial charge in [-0.15, -0.1) is 0 Å². The van der Waals surface area contributed by atoms with Crippen LogP contribution in [-0.4, -0.2) is 48.2 Å². The summed E-state index contributed by atoms with van der Waals surface area (Å²) in [6.45, 7) is 1.37. The predicted molar refractivity (Wildman–Crippen MR) is 83.8 cm³/mol. The molecule has 4 N–H and O–H groups in total. The number of aliphatic hydroxyl groups excluding tert-OH is 1. The summed E-state index contributed by atoms with van der Waals surface area (Å²) >= 11 is 0. The first kappa shape index (κ1) is 15.8. The summed E-state index contributed by atoms with van der Waals surface area (Å²) in [6, 6.07) is 7.47. The van der Waals surface area contributed by atoms with Gasteiger partial charge in [-0.3, -0.25) is 10.3 Å². The zero-order valence-corrected chi connectivity index (χ0v) is 12.6. The molecule has 0 amide bonds. The van der Waals surface area contributed by atoms with Crippen LogP contribution >= 0.6 is 0 Å². The van der Waals surface area contributed by atoms with E-state index in [1.807, 2.05) is 19.2 Å². The number of hydrogen-bond acceptors (Lipinski definition) is 4. The summed E-state index contributed by atoms with van der Waals surface area (Å²) in [6.07, 6.45) is 4.08. The lowest BCUT2D eigenvalue weighted by Gasteiger charge is -2.35. The van der Waals surface area contributed by atoms with Gasteiger partial charge in [0.05, 0.1) is 6.10 Å². The number of nitrogen functional groups attached to an aromatic ring is 1. The molecule has 2 unspecified atom stereocenters. The number of benzene rings is 1. The normalized spacial score (nSPS) is 22.2. The molecular formula is C16H25N3O2. The Morgan fingerprint density at radius 3 is 2.62 bits per heavy atom. The minimum absolute atomic E-state index is 0.0626. The van der Waals surface area contributed by atoms with Crippen LogP contribution in [-0.2, 0) is 0 Å². The summed E-state index contributed by atoms with van der Waals surface area (Å²) < 4.78 is 5.70. The molecule has 0 heterocycles. The molecule has 21 heavy (non-hydrogen) atoms. The lowest BCUT2D eigenvalue weighted by molar-refractivity contribution is 0.0272. The molecule has 2 atom stereocenters. The van der Waals surface area contributed by atoms with E-state index >= 15 is 0 Å². The SMILES string of the molecule is CN(CCOc1ccc(C(=N)N)cc1)C1CCCCC1O. The van der Waals surface area contributed by atoms with E-state index in [9.17, 15) is 5.11 Å². The number of nitrogens with one attached hydrogen (secondary N) is 1. The Kier molecular flexibility index (Phi) is 5.59. The predicted octanol–water partition coefficient (Wildman–Crippen LogP) is 1.58. The molecule has 2 rings (SSSR count). The lowest BCUT2D eigenvalue weighted by atomic mass is 9.92. The highest BCUT2D eigenvalue weighted by Gasteiger charge is 2.26. The van der Waals surface area contributed by atoms with Crippen LogP contribution < -0.4 is 10.5 Å². The van der Waals surface area contributed by atoms with E-state index in [1.165, 1.54) is 6.42 Å². The zero-order chi connectivity index (χ0) is 15.2.